The number of amides is 2. The number of sulfone groups is 1. The van der Waals surface area contributed by atoms with Crippen molar-refractivity contribution in [3.8, 4) is 0 Å². The van der Waals surface area contributed by atoms with Gasteiger partial charge in [-0.25, -0.2) is 12.8 Å². The summed E-state index contributed by atoms with van der Waals surface area (Å²) in [6.07, 6.45) is 7.21. The zero-order chi connectivity index (χ0) is 24.6. The lowest BCUT2D eigenvalue weighted by Crippen LogP contribution is -2.49. The Balaban J connectivity index is 1.59. The van der Waals surface area contributed by atoms with E-state index in [4.69, 9.17) is 11.6 Å². The van der Waals surface area contributed by atoms with Crippen LogP contribution in [0.1, 0.15) is 61.0 Å². The van der Waals surface area contributed by atoms with Crippen LogP contribution in [0.2, 0.25) is 5.02 Å². The van der Waals surface area contributed by atoms with Crippen molar-refractivity contribution in [2.24, 2.45) is 5.92 Å². The van der Waals surface area contributed by atoms with E-state index < -0.39 is 27.6 Å². The largest absolute Gasteiger partial charge is 0.347 e. The predicted molar refractivity (Wildman–Crippen MR) is 126 cm³/mol. The maximum absolute atomic E-state index is 14.1. The molecule has 1 aliphatic heterocycles. The highest BCUT2D eigenvalue weighted by molar-refractivity contribution is 7.90. The fraction of sp³-hybridized carbons (Fsp3) is 0.458. The Labute approximate surface area is 203 Å². The summed E-state index contributed by atoms with van der Waals surface area (Å²) in [4.78, 5) is 32.3. The second-order valence-corrected chi connectivity index (χ2v) is 11.5. The molecular formula is C24H27ClFN3O4S. The van der Waals surface area contributed by atoms with Gasteiger partial charge in [-0.15, -0.1) is 0 Å². The Bertz CT molecular complexity index is 1220. The van der Waals surface area contributed by atoms with Crippen molar-refractivity contribution in [3.63, 3.8) is 0 Å². The summed E-state index contributed by atoms with van der Waals surface area (Å²) in [5.74, 6) is -1.07. The molecule has 2 fully saturated rings. The van der Waals surface area contributed by atoms with Crippen LogP contribution < -0.4 is 5.32 Å². The minimum Gasteiger partial charge on any atom is -0.347 e. The van der Waals surface area contributed by atoms with Gasteiger partial charge in [0.25, 0.3) is 5.91 Å². The van der Waals surface area contributed by atoms with E-state index in [1.165, 1.54) is 30.6 Å². The molecule has 7 nitrogen and oxygen atoms in total. The molecule has 1 N–H and O–H groups in total. The Morgan fingerprint density at radius 2 is 1.94 bits per heavy atom. The van der Waals surface area contributed by atoms with Crippen molar-refractivity contribution in [3.05, 3.63) is 58.6 Å². The minimum absolute atomic E-state index is 0.0212. The van der Waals surface area contributed by atoms with Gasteiger partial charge in [-0.1, -0.05) is 24.6 Å². The second kappa shape index (κ2) is 9.62. The number of hydrogen-bond acceptors (Lipinski definition) is 5. The first-order chi connectivity index (χ1) is 16.1. The number of carbonyl (C=O) groups excluding carboxylic acids is 2. The lowest BCUT2D eigenvalue weighted by Gasteiger charge is -2.31. The summed E-state index contributed by atoms with van der Waals surface area (Å²) >= 11 is 5.82. The summed E-state index contributed by atoms with van der Waals surface area (Å²) < 4.78 is 37.9. The topological polar surface area (TPSA) is 96.4 Å². The van der Waals surface area contributed by atoms with Crippen LogP contribution in [0, 0.1) is 11.7 Å². The van der Waals surface area contributed by atoms with E-state index in [0.29, 0.717) is 24.8 Å². The Morgan fingerprint density at radius 1 is 1.21 bits per heavy atom. The van der Waals surface area contributed by atoms with Gasteiger partial charge < -0.3 is 10.2 Å². The minimum atomic E-state index is -3.54. The number of nitrogens with one attached hydrogen (secondary N) is 1. The normalized spacial score (nSPS) is 21.4. The fourth-order valence-electron chi connectivity index (χ4n) is 4.59. The van der Waals surface area contributed by atoms with Crippen molar-refractivity contribution in [1.82, 2.24) is 15.2 Å². The Hall–Kier alpha value is -2.52. The molecule has 1 saturated carbocycles. The maximum atomic E-state index is 14.1. The number of pyridine rings is 1. The molecule has 2 heterocycles. The molecule has 1 aromatic carbocycles. The van der Waals surface area contributed by atoms with Crippen molar-refractivity contribution < 1.29 is 22.4 Å². The van der Waals surface area contributed by atoms with Crippen LogP contribution in [-0.4, -0.2) is 48.5 Å². The number of carbonyl (C=O) groups is 2. The van der Waals surface area contributed by atoms with E-state index >= 15 is 0 Å². The number of rotatable bonds is 7. The quantitative estimate of drug-likeness (QED) is 0.612. The van der Waals surface area contributed by atoms with E-state index in [9.17, 15) is 22.4 Å². The third kappa shape index (κ3) is 5.10. The van der Waals surface area contributed by atoms with Crippen molar-refractivity contribution in [1.29, 1.82) is 0 Å². The summed E-state index contributed by atoms with van der Waals surface area (Å²) in [5.41, 5.74) is 0.769. The van der Waals surface area contributed by atoms with E-state index in [2.05, 4.69) is 10.3 Å². The van der Waals surface area contributed by atoms with Gasteiger partial charge in [-0.2, -0.15) is 0 Å². The first-order valence-corrected chi connectivity index (χ1v) is 13.6. The van der Waals surface area contributed by atoms with Crippen LogP contribution in [0.4, 0.5) is 4.39 Å². The standard InChI is InChI=1S/C24H27ClFN3O4S/c1-3-17-7-9-21(29(17)24(31)16-10-18(13-27-12-16)34(2,32)33)23(30)28-22(14-4-5-14)15-6-8-19(25)20(26)11-15/h6,8,10-14,17,21-22H,3-5,7,9H2,1-2H3,(H,28,30)/t17-,21-,22?/m1/s1. The van der Waals surface area contributed by atoms with Crippen LogP contribution in [-0.2, 0) is 14.6 Å². The van der Waals surface area contributed by atoms with Crippen LogP contribution >= 0.6 is 11.6 Å². The van der Waals surface area contributed by atoms with Gasteiger partial charge in [0.2, 0.25) is 5.91 Å². The molecule has 1 aliphatic carbocycles. The molecule has 0 radical (unpaired) electrons. The summed E-state index contributed by atoms with van der Waals surface area (Å²) in [7, 11) is -3.54. The molecule has 4 rings (SSSR count). The first-order valence-electron chi connectivity index (χ1n) is 11.3. The molecule has 1 unspecified atom stereocenters. The molecule has 2 aliphatic rings. The molecule has 0 bridgehead atoms. The monoisotopic (exact) mass is 507 g/mol. The second-order valence-electron chi connectivity index (χ2n) is 9.05. The van der Waals surface area contributed by atoms with Crippen molar-refractivity contribution in [2.75, 3.05) is 6.26 Å². The number of halogens is 2. The number of aromatic nitrogens is 1. The first kappa shape index (κ1) is 24.6. The molecule has 10 heteroatoms. The smallest absolute Gasteiger partial charge is 0.256 e. The Morgan fingerprint density at radius 3 is 2.56 bits per heavy atom. The van der Waals surface area contributed by atoms with E-state index in [0.717, 1.165) is 19.1 Å². The third-order valence-electron chi connectivity index (χ3n) is 6.59. The third-order valence-corrected chi connectivity index (χ3v) is 7.98. The molecule has 3 atom stereocenters. The molecule has 1 aromatic heterocycles. The number of hydrogen-bond donors (Lipinski definition) is 1. The fourth-order valence-corrected chi connectivity index (χ4v) is 5.31. The van der Waals surface area contributed by atoms with Gasteiger partial charge in [0.05, 0.1) is 21.5 Å². The van der Waals surface area contributed by atoms with E-state index in [1.54, 1.807) is 11.0 Å². The lowest BCUT2D eigenvalue weighted by atomic mass is 10.0. The molecule has 182 valence electrons. The molecule has 34 heavy (non-hydrogen) atoms. The molecule has 1 saturated heterocycles. The molecule has 2 aromatic rings. The number of benzene rings is 1. The molecule has 0 spiro atoms. The van der Waals surface area contributed by atoms with E-state index in [1.807, 2.05) is 6.92 Å². The van der Waals surface area contributed by atoms with Gasteiger partial charge in [-0.05, 0) is 61.8 Å². The van der Waals surface area contributed by atoms with Gasteiger partial charge in [0, 0.05) is 24.7 Å². The van der Waals surface area contributed by atoms with Crippen molar-refractivity contribution in [2.45, 2.75) is 62.0 Å². The highest BCUT2D eigenvalue weighted by Crippen LogP contribution is 2.42. The van der Waals surface area contributed by atoms with Crippen LogP contribution in [0.5, 0.6) is 0 Å². The summed E-state index contributed by atoms with van der Waals surface area (Å²) in [5, 5.41) is 3.07. The highest BCUT2D eigenvalue weighted by Gasteiger charge is 2.42. The molecular weight excluding hydrogens is 481 g/mol. The van der Waals surface area contributed by atoms with Gasteiger partial charge in [-0.3, -0.25) is 14.6 Å². The van der Waals surface area contributed by atoms with Gasteiger partial charge >= 0.3 is 0 Å². The van der Waals surface area contributed by atoms with E-state index in [-0.39, 0.29) is 39.4 Å². The van der Waals surface area contributed by atoms with Crippen molar-refractivity contribution >= 4 is 33.3 Å². The average molecular weight is 508 g/mol. The highest BCUT2D eigenvalue weighted by atomic mass is 35.5. The van der Waals surface area contributed by atoms with Crippen LogP contribution in [0.15, 0.2) is 41.6 Å². The summed E-state index contributed by atoms with van der Waals surface area (Å²) in [6, 6.07) is 4.61. The number of likely N-dealkylation sites (tertiary alicyclic amines) is 1. The maximum Gasteiger partial charge on any atom is 0.256 e. The lowest BCUT2D eigenvalue weighted by molar-refractivity contribution is -0.126. The number of nitrogens with zero attached hydrogens (tertiary/aromatic N) is 2. The van der Waals surface area contributed by atoms with Gasteiger partial charge in [0.15, 0.2) is 9.84 Å². The summed E-state index contributed by atoms with van der Waals surface area (Å²) in [6.45, 7) is 1.94. The van der Waals surface area contributed by atoms with Gasteiger partial charge in [0.1, 0.15) is 11.9 Å². The van der Waals surface area contributed by atoms with Crippen LogP contribution in [0.3, 0.4) is 0 Å². The zero-order valence-electron chi connectivity index (χ0n) is 19.0. The SMILES string of the molecule is CC[C@@H]1CC[C@H](C(=O)NC(c2ccc(Cl)c(F)c2)C2CC2)N1C(=O)c1cncc(S(C)(=O)=O)c1. The Kier molecular flexibility index (Phi) is 6.96. The predicted octanol–water partition coefficient (Wildman–Crippen LogP) is 3.93. The zero-order valence-corrected chi connectivity index (χ0v) is 20.6. The average Bonchev–Trinajstić information content (AvgIpc) is 3.55. The molecule has 2 amide bonds. The van der Waals surface area contributed by atoms with Crippen LogP contribution in [0.25, 0.3) is 0 Å².